The summed E-state index contributed by atoms with van der Waals surface area (Å²) >= 11 is 0. The number of nitrogens with zero attached hydrogens (tertiary/aromatic N) is 1. The molecule has 6 nitrogen and oxygen atoms in total. The molecule has 2 atom stereocenters. The summed E-state index contributed by atoms with van der Waals surface area (Å²) in [5.74, 6) is -1.84. The first-order valence-electron chi connectivity index (χ1n) is 8.51. The number of hydrogen-bond acceptors (Lipinski definition) is 3. The van der Waals surface area contributed by atoms with Gasteiger partial charge in [0.25, 0.3) is 5.91 Å². The molecule has 0 spiro atoms. The lowest BCUT2D eigenvalue weighted by atomic mass is 9.95. The Labute approximate surface area is 147 Å². The number of carbonyl (C=O) groups excluding carboxylic acids is 2. The summed E-state index contributed by atoms with van der Waals surface area (Å²) < 4.78 is 0. The Kier molecular flexibility index (Phi) is 6.74. The van der Waals surface area contributed by atoms with E-state index in [-0.39, 0.29) is 17.7 Å². The van der Waals surface area contributed by atoms with Crippen LogP contribution >= 0.6 is 0 Å². The fraction of sp³-hybridized carbons (Fsp3) is 0.421. The van der Waals surface area contributed by atoms with Crippen molar-refractivity contribution in [1.29, 1.82) is 0 Å². The van der Waals surface area contributed by atoms with E-state index in [2.05, 4.69) is 11.9 Å². The second-order valence-electron chi connectivity index (χ2n) is 6.22. The molecule has 1 aliphatic rings. The van der Waals surface area contributed by atoms with Crippen LogP contribution in [0.15, 0.2) is 43.0 Å². The highest BCUT2D eigenvalue weighted by Crippen LogP contribution is 2.19. The van der Waals surface area contributed by atoms with Crippen molar-refractivity contribution in [2.45, 2.75) is 31.7 Å². The minimum atomic E-state index is -1.05. The average molecular weight is 344 g/mol. The second-order valence-corrected chi connectivity index (χ2v) is 6.22. The van der Waals surface area contributed by atoms with Gasteiger partial charge in [0.2, 0.25) is 5.91 Å². The minimum Gasteiger partial charge on any atom is -0.480 e. The number of carboxylic acid groups (broad SMARTS) is 1. The van der Waals surface area contributed by atoms with E-state index in [1.54, 1.807) is 35.2 Å². The zero-order chi connectivity index (χ0) is 18.2. The predicted molar refractivity (Wildman–Crippen MR) is 94.1 cm³/mol. The first-order valence-corrected chi connectivity index (χ1v) is 8.51. The first-order chi connectivity index (χ1) is 12.0. The van der Waals surface area contributed by atoms with Crippen molar-refractivity contribution in [3.05, 3.63) is 48.6 Å². The molecule has 0 aliphatic carbocycles. The molecule has 1 heterocycles. The molecule has 25 heavy (non-hydrogen) atoms. The highest BCUT2D eigenvalue weighted by Gasteiger charge is 2.31. The van der Waals surface area contributed by atoms with Crippen molar-refractivity contribution in [3.63, 3.8) is 0 Å². The molecule has 1 aromatic carbocycles. The largest absolute Gasteiger partial charge is 0.480 e. The maximum Gasteiger partial charge on any atom is 0.326 e. The molecule has 0 bridgehead atoms. The van der Waals surface area contributed by atoms with Crippen LogP contribution in [0.5, 0.6) is 0 Å². The van der Waals surface area contributed by atoms with Crippen LogP contribution in [-0.4, -0.2) is 46.9 Å². The van der Waals surface area contributed by atoms with Gasteiger partial charge in [-0.3, -0.25) is 9.59 Å². The zero-order valence-electron chi connectivity index (χ0n) is 14.2. The zero-order valence-corrected chi connectivity index (χ0v) is 14.2. The number of nitrogens with one attached hydrogen (secondary N) is 1. The van der Waals surface area contributed by atoms with Gasteiger partial charge in [-0.2, -0.15) is 0 Å². The fourth-order valence-corrected chi connectivity index (χ4v) is 2.97. The first kappa shape index (κ1) is 18.7. The lowest BCUT2D eigenvalue weighted by Crippen LogP contribution is -2.49. The summed E-state index contributed by atoms with van der Waals surface area (Å²) in [4.78, 5) is 37.9. The van der Waals surface area contributed by atoms with Gasteiger partial charge < -0.3 is 15.3 Å². The fourth-order valence-electron chi connectivity index (χ4n) is 2.97. The van der Waals surface area contributed by atoms with Crippen molar-refractivity contribution >= 4 is 17.8 Å². The van der Waals surface area contributed by atoms with Gasteiger partial charge in [0, 0.05) is 18.7 Å². The highest BCUT2D eigenvalue weighted by molar-refractivity contribution is 5.94. The van der Waals surface area contributed by atoms with E-state index in [4.69, 9.17) is 0 Å². The molecular weight excluding hydrogens is 320 g/mol. The molecule has 2 unspecified atom stereocenters. The molecule has 1 fully saturated rings. The minimum absolute atomic E-state index is 0.0976. The number of likely N-dealkylation sites (tertiary alicyclic amines) is 1. The van der Waals surface area contributed by atoms with Gasteiger partial charge in [-0.25, -0.2) is 4.79 Å². The van der Waals surface area contributed by atoms with Gasteiger partial charge in [-0.05, 0) is 37.8 Å². The second kappa shape index (κ2) is 9.01. The van der Waals surface area contributed by atoms with E-state index in [1.165, 1.54) is 0 Å². The van der Waals surface area contributed by atoms with Crippen molar-refractivity contribution in [2.24, 2.45) is 5.92 Å². The van der Waals surface area contributed by atoms with Crippen LogP contribution in [-0.2, 0) is 9.59 Å². The molecular formula is C19H24N2O4. The molecule has 2 N–H and O–H groups in total. The Balaban J connectivity index is 1.97. The monoisotopic (exact) mass is 344 g/mol. The molecule has 1 aromatic rings. The number of rotatable bonds is 7. The third-order valence-corrected chi connectivity index (χ3v) is 4.37. The third-order valence-electron chi connectivity index (χ3n) is 4.37. The molecule has 1 saturated heterocycles. The molecule has 0 saturated carbocycles. The van der Waals surface area contributed by atoms with Gasteiger partial charge in [0.05, 0.1) is 5.92 Å². The van der Waals surface area contributed by atoms with Gasteiger partial charge in [0.15, 0.2) is 0 Å². The molecule has 2 rings (SSSR count). The molecule has 134 valence electrons. The standard InChI is InChI=1S/C19H24N2O4/c1-2-3-11-16(19(24)25)20-17(22)15-10-7-12-21(13-15)18(23)14-8-5-4-6-9-14/h2,4-6,8-9,15-16H,1,3,7,10-13H2,(H,20,22)(H,24,25). The van der Waals surface area contributed by atoms with Crippen molar-refractivity contribution < 1.29 is 19.5 Å². The number of carbonyl (C=O) groups is 3. The number of hydrogen-bond donors (Lipinski definition) is 2. The smallest absolute Gasteiger partial charge is 0.326 e. The Morgan fingerprint density at radius 3 is 2.68 bits per heavy atom. The average Bonchev–Trinajstić information content (AvgIpc) is 2.64. The lowest BCUT2D eigenvalue weighted by Gasteiger charge is -2.32. The van der Waals surface area contributed by atoms with E-state index < -0.39 is 12.0 Å². The van der Waals surface area contributed by atoms with E-state index in [1.807, 2.05) is 6.07 Å². The van der Waals surface area contributed by atoms with Crippen LogP contribution in [0.4, 0.5) is 0 Å². The summed E-state index contributed by atoms with van der Waals surface area (Å²) in [5, 5.41) is 11.8. The van der Waals surface area contributed by atoms with E-state index in [9.17, 15) is 19.5 Å². The molecule has 6 heteroatoms. The van der Waals surface area contributed by atoms with E-state index >= 15 is 0 Å². The maximum atomic E-state index is 12.5. The highest BCUT2D eigenvalue weighted by atomic mass is 16.4. The van der Waals surface area contributed by atoms with Crippen molar-refractivity contribution in [1.82, 2.24) is 10.2 Å². The molecule has 1 aliphatic heterocycles. The summed E-state index contributed by atoms with van der Waals surface area (Å²) in [7, 11) is 0. The third kappa shape index (κ3) is 5.17. The maximum absolute atomic E-state index is 12.5. The van der Waals surface area contributed by atoms with Crippen LogP contribution in [0.1, 0.15) is 36.0 Å². The van der Waals surface area contributed by atoms with Gasteiger partial charge in [-0.15, -0.1) is 6.58 Å². The summed E-state index contributed by atoms with van der Waals surface area (Å²) in [6.45, 7) is 4.49. The molecule has 0 radical (unpaired) electrons. The predicted octanol–water partition coefficient (Wildman–Crippen LogP) is 2.07. The normalized spacial score (nSPS) is 18.2. The van der Waals surface area contributed by atoms with Crippen molar-refractivity contribution in [3.8, 4) is 0 Å². The van der Waals surface area contributed by atoms with Crippen LogP contribution in [0, 0.1) is 5.92 Å². The number of piperidine rings is 1. The van der Waals surface area contributed by atoms with Gasteiger partial charge in [0.1, 0.15) is 6.04 Å². The number of benzene rings is 1. The molecule has 0 aromatic heterocycles. The van der Waals surface area contributed by atoms with Crippen LogP contribution < -0.4 is 5.32 Å². The number of carboxylic acids is 1. The van der Waals surface area contributed by atoms with Crippen LogP contribution in [0.3, 0.4) is 0 Å². The SMILES string of the molecule is C=CCCC(NC(=O)C1CCCN(C(=O)c2ccccc2)C1)C(=O)O. The van der Waals surface area contributed by atoms with Crippen molar-refractivity contribution in [2.75, 3.05) is 13.1 Å². The number of allylic oxidation sites excluding steroid dienone is 1. The van der Waals surface area contributed by atoms with Gasteiger partial charge in [-0.1, -0.05) is 24.3 Å². The quantitative estimate of drug-likeness (QED) is 0.742. The summed E-state index contributed by atoms with van der Waals surface area (Å²) in [5.41, 5.74) is 0.595. The topological polar surface area (TPSA) is 86.7 Å². The lowest BCUT2D eigenvalue weighted by molar-refractivity contribution is -0.142. The summed E-state index contributed by atoms with van der Waals surface area (Å²) in [6.07, 6.45) is 3.83. The van der Waals surface area contributed by atoms with E-state index in [0.29, 0.717) is 37.9 Å². The molecule has 2 amide bonds. The number of aliphatic carboxylic acids is 1. The summed E-state index contributed by atoms with van der Waals surface area (Å²) in [6, 6.07) is 8.03. The van der Waals surface area contributed by atoms with E-state index in [0.717, 1.165) is 6.42 Å². The Morgan fingerprint density at radius 2 is 2.04 bits per heavy atom. The van der Waals surface area contributed by atoms with Crippen LogP contribution in [0.2, 0.25) is 0 Å². The van der Waals surface area contributed by atoms with Gasteiger partial charge >= 0.3 is 5.97 Å². The Bertz CT molecular complexity index is 630. The Hall–Kier alpha value is -2.63. The number of amides is 2. The Morgan fingerprint density at radius 1 is 1.32 bits per heavy atom. The van der Waals surface area contributed by atoms with Crippen LogP contribution in [0.25, 0.3) is 0 Å².